The Kier molecular flexibility index (Phi) is 4.63. The minimum atomic E-state index is -4.25. The number of rotatable bonds is 6. The van der Waals surface area contributed by atoms with Crippen molar-refractivity contribution in [3.05, 3.63) is 28.3 Å². The van der Waals surface area contributed by atoms with Crippen molar-refractivity contribution < 1.29 is 18.1 Å². The van der Waals surface area contributed by atoms with E-state index in [1.807, 2.05) is 4.72 Å². The van der Waals surface area contributed by atoms with Gasteiger partial charge < -0.3 is 11.1 Å². The average molecular weight is 302 g/mol. The summed E-state index contributed by atoms with van der Waals surface area (Å²) in [7, 11) is -2.71. The summed E-state index contributed by atoms with van der Waals surface area (Å²) in [6.07, 6.45) is 0. The highest BCUT2D eigenvalue weighted by molar-refractivity contribution is 7.89. The predicted molar refractivity (Wildman–Crippen MR) is 71.6 cm³/mol. The van der Waals surface area contributed by atoms with Gasteiger partial charge in [0.25, 0.3) is 5.69 Å². The minimum Gasteiger partial charge on any atom is -0.388 e. The molecular weight excluding hydrogens is 288 g/mol. The molecule has 4 N–H and O–H groups in total. The van der Waals surface area contributed by atoms with Gasteiger partial charge in [-0.05, 0) is 19.1 Å². The van der Waals surface area contributed by atoms with E-state index in [1.165, 1.54) is 20.0 Å². The van der Waals surface area contributed by atoms with Gasteiger partial charge in [-0.3, -0.25) is 14.9 Å². The number of nitrogens with two attached hydrogens (primary N) is 1. The molecule has 0 radical (unpaired) electrons. The first-order valence-electron chi connectivity index (χ1n) is 5.47. The highest BCUT2D eigenvalue weighted by Crippen LogP contribution is 2.26. The molecule has 0 aliphatic carbocycles. The van der Waals surface area contributed by atoms with Crippen molar-refractivity contribution in [3.8, 4) is 0 Å². The fourth-order valence-electron chi connectivity index (χ4n) is 1.39. The van der Waals surface area contributed by atoms with Gasteiger partial charge in [0.1, 0.15) is 0 Å². The average Bonchev–Trinajstić information content (AvgIpc) is 2.37. The summed E-state index contributed by atoms with van der Waals surface area (Å²) < 4.78 is 26.2. The lowest BCUT2D eigenvalue weighted by Gasteiger charge is -2.12. The molecule has 0 aromatic heterocycles. The van der Waals surface area contributed by atoms with Crippen LogP contribution in [0.15, 0.2) is 23.1 Å². The lowest BCUT2D eigenvalue weighted by atomic mass is 10.3. The molecule has 0 fully saturated rings. The number of hydrogen-bond donors (Lipinski definition) is 3. The highest BCUT2D eigenvalue weighted by atomic mass is 32.2. The first-order valence-corrected chi connectivity index (χ1v) is 6.95. The summed E-state index contributed by atoms with van der Waals surface area (Å²) in [6, 6.07) is 2.36. The van der Waals surface area contributed by atoms with E-state index in [0.717, 1.165) is 12.1 Å². The van der Waals surface area contributed by atoms with Crippen molar-refractivity contribution in [1.29, 1.82) is 0 Å². The number of primary amides is 1. The van der Waals surface area contributed by atoms with E-state index in [0.29, 0.717) is 5.69 Å². The number of nitrogens with one attached hydrogen (secondary N) is 2. The van der Waals surface area contributed by atoms with Gasteiger partial charge in [-0.15, -0.1) is 0 Å². The van der Waals surface area contributed by atoms with Crippen LogP contribution in [0.25, 0.3) is 0 Å². The summed E-state index contributed by atoms with van der Waals surface area (Å²) in [5.41, 5.74) is 4.75. The molecule has 1 aromatic carbocycles. The summed E-state index contributed by atoms with van der Waals surface area (Å²) in [6.45, 7) is 1.24. The molecule has 1 atom stereocenters. The number of carbonyl (C=O) groups is 1. The first-order chi connectivity index (χ1) is 9.19. The third-order valence-corrected chi connectivity index (χ3v) is 4.06. The molecule has 0 aliphatic rings. The smallest absolute Gasteiger partial charge is 0.289 e. The normalized spacial score (nSPS) is 12.7. The fraction of sp³-hybridized carbons (Fsp3) is 0.300. The minimum absolute atomic E-state index is 0.378. The SMILES string of the molecule is CNc1ccc([N+](=O)[O-])c(S(=O)(=O)NC(C)C(N)=O)c1. The Balaban J connectivity index is 3.35. The van der Waals surface area contributed by atoms with Crippen LogP contribution in [-0.2, 0) is 14.8 Å². The molecule has 1 aromatic rings. The maximum absolute atomic E-state index is 12.1. The maximum atomic E-state index is 12.1. The summed E-state index contributed by atoms with van der Waals surface area (Å²) in [5, 5.41) is 13.6. The van der Waals surface area contributed by atoms with E-state index in [4.69, 9.17) is 5.73 Å². The van der Waals surface area contributed by atoms with Crippen molar-refractivity contribution in [2.45, 2.75) is 17.9 Å². The van der Waals surface area contributed by atoms with E-state index < -0.39 is 37.5 Å². The van der Waals surface area contributed by atoms with Crippen LogP contribution in [-0.4, -0.2) is 32.3 Å². The molecule has 0 saturated heterocycles. The molecule has 0 aliphatic heterocycles. The quantitative estimate of drug-likeness (QED) is 0.489. The van der Waals surface area contributed by atoms with Crippen LogP contribution in [0.3, 0.4) is 0 Å². The molecule has 0 saturated carbocycles. The standard InChI is InChI=1S/C10H14N4O5S/c1-6(10(11)15)13-20(18,19)9-5-7(12-2)3-4-8(9)14(16)17/h3-6,12-13H,1-2H3,(H2,11,15). The highest BCUT2D eigenvalue weighted by Gasteiger charge is 2.28. The van der Waals surface area contributed by atoms with Crippen LogP contribution in [0.2, 0.25) is 0 Å². The van der Waals surface area contributed by atoms with Gasteiger partial charge in [0.15, 0.2) is 4.90 Å². The fourth-order valence-corrected chi connectivity index (χ4v) is 2.80. The van der Waals surface area contributed by atoms with Crippen molar-refractivity contribution in [1.82, 2.24) is 4.72 Å². The molecule has 110 valence electrons. The zero-order valence-electron chi connectivity index (χ0n) is 10.8. The van der Waals surface area contributed by atoms with Gasteiger partial charge in [0.05, 0.1) is 11.0 Å². The molecule has 20 heavy (non-hydrogen) atoms. The second kappa shape index (κ2) is 5.84. The van der Waals surface area contributed by atoms with Crippen LogP contribution in [0, 0.1) is 10.1 Å². The Morgan fingerprint density at radius 1 is 1.45 bits per heavy atom. The van der Waals surface area contributed by atoms with Crippen molar-refractivity contribution in [3.63, 3.8) is 0 Å². The lowest BCUT2D eigenvalue weighted by Crippen LogP contribution is -2.42. The number of nitro groups is 1. The second-order valence-corrected chi connectivity index (χ2v) is 5.62. The third kappa shape index (κ3) is 3.42. The molecular formula is C10H14N4O5S. The zero-order valence-corrected chi connectivity index (χ0v) is 11.6. The number of amides is 1. The van der Waals surface area contributed by atoms with Crippen LogP contribution >= 0.6 is 0 Å². The van der Waals surface area contributed by atoms with Gasteiger partial charge in [-0.2, -0.15) is 4.72 Å². The van der Waals surface area contributed by atoms with Crippen LogP contribution in [0.5, 0.6) is 0 Å². The van der Waals surface area contributed by atoms with Crippen molar-refractivity contribution in [2.24, 2.45) is 5.73 Å². The zero-order chi connectivity index (χ0) is 15.5. The summed E-state index contributed by atoms with van der Waals surface area (Å²) >= 11 is 0. The monoisotopic (exact) mass is 302 g/mol. The van der Waals surface area contributed by atoms with E-state index in [2.05, 4.69) is 5.32 Å². The number of nitro benzene ring substituents is 1. The number of benzene rings is 1. The summed E-state index contributed by atoms with van der Waals surface area (Å²) in [5.74, 6) is -0.888. The van der Waals surface area contributed by atoms with Gasteiger partial charge >= 0.3 is 0 Å². The topological polar surface area (TPSA) is 144 Å². The first kappa shape index (κ1) is 15.9. The molecule has 10 heteroatoms. The van der Waals surface area contributed by atoms with E-state index in [9.17, 15) is 23.3 Å². The molecule has 1 rings (SSSR count). The Bertz CT molecular complexity index is 643. The lowest BCUT2D eigenvalue weighted by molar-refractivity contribution is -0.387. The van der Waals surface area contributed by atoms with Gasteiger partial charge in [-0.25, -0.2) is 8.42 Å². The van der Waals surface area contributed by atoms with Crippen molar-refractivity contribution in [2.75, 3.05) is 12.4 Å². The van der Waals surface area contributed by atoms with E-state index in [1.54, 1.807) is 0 Å². The summed E-state index contributed by atoms with van der Waals surface area (Å²) in [4.78, 5) is 20.4. The molecule has 9 nitrogen and oxygen atoms in total. The third-order valence-electron chi connectivity index (χ3n) is 2.49. The largest absolute Gasteiger partial charge is 0.388 e. The van der Waals surface area contributed by atoms with E-state index >= 15 is 0 Å². The number of hydrogen-bond acceptors (Lipinski definition) is 6. The molecule has 1 unspecified atom stereocenters. The van der Waals surface area contributed by atoms with Crippen LogP contribution in [0.1, 0.15) is 6.92 Å². The predicted octanol–water partition coefficient (Wildman–Crippen LogP) is -0.211. The Labute approximate surface area is 115 Å². The molecule has 0 bridgehead atoms. The molecule has 1 amide bonds. The number of nitrogens with zero attached hydrogens (tertiary/aromatic N) is 1. The Hall–Kier alpha value is -2.20. The van der Waals surface area contributed by atoms with Gasteiger partial charge in [0, 0.05) is 18.8 Å². The molecule has 0 spiro atoms. The maximum Gasteiger partial charge on any atom is 0.289 e. The number of sulfonamides is 1. The van der Waals surface area contributed by atoms with Gasteiger partial charge in [-0.1, -0.05) is 0 Å². The van der Waals surface area contributed by atoms with E-state index in [-0.39, 0.29) is 0 Å². The number of carbonyl (C=O) groups excluding carboxylic acids is 1. The molecule has 0 heterocycles. The number of anilines is 1. The Morgan fingerprint density at radius 2 is 2.05 bits per heavy atom. The van der Waals surface area contributed by atoms with Crippen molar-refractivity contribution >= 4 is 27.3 Å². The van der Waals surface area contributed by atoms with Crippen LogP contribution in [0.4, 0.5) is 11.4 Å². The Morgan fingerprint density at radius 3 is 2.50 bits per heavy atom. The van der Waals surface area contributed by atoms with Gasteiger partial charge in [0.2, 0.25) is 15.9 Å². The van der Waals surface area contributed by atoms with Crippen LogP contribution < -0.4 is 15.8 Å². The second-order valence-electron chi connectivity index (χ2n) is 3.93.